The minimum absolute atomic E-state index is 0.00341. The second-order valence-corrected chi connectivity index (χ2v) is 27.0. The first kappa shape index (κ1) is 86.0. The molecule has 3 saturated heterocycles. The normalized spacial score (nSPS) is 18.2. The molecule has 3 aliphatic rings. The molecule has 1 aromatic heterocycles. The summed E-state index contributed by atoms with van der Waals surface area (Å²) in [5.41, 5.74) is 39.5. The summed E-state index contributed by atoms with van der Waals surface area (Å²) in [4.78, 5) is 210. The lowest BCUT2D eigenvalue weighted by Crippen LogP contribution is -2.61. The smallest absolute Gasteiger partial charge is 0.325 e. The topological polar surface area (TPSA) is 633 Å². The number of carboxylic acids is 1. The summed E-state index contributed by atoms with van der Waals surface area (Å²) >= 11 is 1.42. The van der Waals surface area contributed by atoms with Gasteiger partial charge in [0.1, 0.15) is 66.5 Å². The van der Waals surface area contributed by atoms with Crippen molar-refractivity contribution >= 4 is 106 Å². The number of primary amides is 1. The van der Waals surface area contributed by atoms with Gasteiger partial charge in [-0.3, -0.25) is 77.1 Å². The highest BCUT2D eigenvalue weighted by atomic mass is 32.2. The molecule has 4 rings (SSSR count). The molecule has 12 atom stereocenters. The van der Waals surface area contributed by atoms with Gasteiger partial charge in [0, 0.05) is 57.5 Å². The van der Waals surface area contributed by atoms with Gasteiger partial charge in [-0.05, 0) is 134 Å². The minimum Gasteiger partial charge on any atom is -0.480 e. The molecule has 0 radical (unpaired) electrons. The first-order chi connectivity index (χ1) is 48.9. The molecule has 0 saturated carbocycles. The molecule has 0 spiro atoms. The average Bonchev–Trinajstić information content (AvgIpc) is 1.73. The third-order valence-electron chi connectivity index (χ3n) is 17.4. The fourth-order valence-electron chi connectivity index (χ4n) is 11.9. The van der Waals surface area contributed by atoms with Crippen LogP contribution in [0.3, 0.4) is 0 Å². The van der Waals surface area contributed by atoms with Crippen LogP contribution in [0.4, 0.5) is 0 Å². The molecule has 13 amide bonds. The largest absolute Gasteiger partial charge is 0.480 e. The van der Waals surface area contributed by atoms with Crippen LogP contribution < -0.4 is 88.0 Å². The van der Waals surface area contributed by atoms with Gasteiger partial charge in [0.25, 0.3) is 0 Å². The van der Waals surface area contributed by atoms with Gasteiger partial charge in [0.15, 0.2) is 11.9 Å². The van der Waals surface area contributed by atoms with Crippen LogP contribution in [0.5, 0.6) is 0 Å². The lowest BCUT2D eigenvalue weighted by molar-refractivity contribution is -0.145. The molecule has 576 valence electrons. The number of thioether (sulfide) groups is 1. The first-order valence-corrected chi connectivity index (χ1v) is 36.1. The van der Waals surface area contributed by atoms with Crippen molar-refractivity contribution in [2.24, 2.45) is 56.0 Å². The van der Waals surface area contributed by atoms with Gasteiger partial charge < -0.3 is 118 Å². The highest BCUT2D eigenvalue weighted by Crippen LogP contribution is 2.24. The number of hydrogen-bond acceptors (Lipinski definition) is 21. The number of nitrogens with two attached hydrogens (primary N) is 7. The third-order valence-corrected chi connectivity index (χ3v) is 18.1. The van der Waals surface area contributed by atoms with Crippen LogP contribution in [0.2, 0.25) is 0 Å². The Bertz CT molecular complexity index is 3120. The summed E-state index contributed by atoms with van der Waals surface area (Å²) in [5, 5.41) is 43.4. The molecule has 4 heterocycles. The van der Waals surface area contributed by atoms with Crippen molar-refractivity contribution in [1.82, 2.24) is 72.5 Å². The van der Waals surface area contributed by atoms with E-state index in [0.717, 1.165) is 0 Å². The molecule has 3 fully saturated rings. The van der Waals surface area contributed by atoms with Crippen molar-refractivity contribution in [3.63, 3.8) is 0 Å². The lowest BCUT2D eigenvalue weighted by Gasteiger charge is -2.31. The van der Waals surface area contributed by atoms with E-state index in [9.17, 15) is 77.3 Å². The van der Waals surface area contributed by atoms with Crippen LogP contribution in [-0.2, 0) is 73.5 Å². The SMILES string of the molecule is CSCC[C@@H](NC(=O)[C@@H]1CCCN1C(=O)CNC(=O)[C@@H](CCCCN)NC(=O)[C@H](Cc1cnc[nH]1)NC(=O)[C@H](CO)NC(=O)[C@H](CC(C)C)NC(=O)[C@H](CCCN=C(N)N)NC(=O)[C@H]1CCCN1C(=O)[C@H](CCCN=C(N)N)NC(=O)[C@H](N)CCC(N)=O)C(=O)N1CCC[C@H]1C(=O)N[C@@H](C)C(=O)O. The van der Waals surface area contributed by atoms with Gasteiger partial charge in [-0.2, -0.15) is 11.8 Å². The zero-order valence-electron chi connectivity index (χ0n) is 59.0. The number of aromatic amines is 1. The quantitative estimate of drug-likeness (QED) is 0.0164. The maximum Gasteiger partial charge on any atom is 0.325 e. The predicted octanol–water partition coefficient (Wildman–Crippen LogP) is -7.36. The Morgan fingerprint density at radius 1 is 0.583 bits per heavy atom. The molecule has 0 unspecified atom stereocenters. The number of unbranched alkanes of at least 4 members (excludes halogenated alkanes) is 1. The number of imidazole rings is 1. The second kappa shape index (κ2) is 44.2. The van der Waals surface area contributed by atoms with E-state index < -0.39 is 168 Å². The van der Waals surface area contributed by atoms with Gasteiger partial charge in [-0.25, -0.2) is 4.98 Å². The molecule has 0 aromatic carbocycles. The number of carbonyl (C=O) groups excluding carboxylic acids is 13. The van der Waals surface area contributed by atoms with E-state index in [-0.39, 0.29) is 141 Å². The Morgan fingerprint density at radius 2 is 1.05 bits per heavy atom. The Kier molecular flexibility index (Phi) is 36.9. The molecule has 1 aromatic rings. The Labute approximate surface area is 601 Å². The highest BCUT2D eigenvalue weighted by Gasteiger charge is 2.43. The molecule has 0 aliphatic carbocycles. The van der Waals surface area contributed by atoms with Crippen molar-refractivity contribution < 1.29 is 77.3 Å². The van der Waals surface area contributed by atoms with Crippen LogP contribution in [0.15, 0.2) is 22.5 Å². The van der Waals surface area contributed by atoms with Gasteiger partial charge in [0.05, 0.1) is 25.5 Å². The van der Waals surface area contributed by atoms with E-state index in [0.29, 0.717) is 43.6 Å². The van der Waals surface area contributed by atoms with Crippen LogP contribution >= 0.6 is 11.8 Å². The molecular formula is C63H107N23O16S. The van der Waals surface area contributed by atoms with Crippen molar-refractivity contribution in [3.05, 3.63) is 18.2 Å². The Morgan fingerprint density at radius 3 is 1.57 bits per heavy atom. The van der Waals surface area contributed by atoms with Gasteiger partial charge in [-0.1, -0.05) is 13.8 Å². The fourth-order valence-corrected chi connectivity index (χ4v) is 12.4. The zero-order valence-corrected chi connectivity index (χ0v) is 59.8. The summed E-state index contributed by atoms with van der Waals surface area (Å²) in [6, 6.07) is -15.4. The van der Waals surface area contributed by atoms with Crippen LogP contribution in [-0.4, -0.2) is 266 Å². The summed E-state index contributed by atoms with van der Waals surface area (Å²) in [7, 11) is 0. The minimum atomic E-state index is -1.78. The van der Waals surface area contributed by atoms with E-state index >= 15 is 0 Å². The maximum atomic E-state index is 14.5. The number of aliphatic imine (C=N–C) groups is 2. The van der Waals surface area contributed by atoms with Crippen molar-refractivity contribution in [3.8, 4) is 0 Å². The molecule has 103 heavy (non-hydrogen) atoms. The van der Waals surface area contributed by atoms with E-state index in [4.69, 9.17) is 40.1 Å². The standard InChI is InChI=1S/C63H107N23O16S/c1-34(2)28-42(81-52(92)39(13-7-22-72-62(67)68)78-58(98)47-17-11-26-86(47)59(99)40(14-8-23-73-63(69)70)79-50(90)37(65)18-19-48(66)88)53(93)83-44(32-87)55(95)82-43(29-36-30-71-33-75-36)54(94)77-38(12-5-6-21-64)51(91)74-31-49(89)84-24-9-15-45(84)57(97)80-41(20-27-103-4)60(100)85-25-10-16-46(85)56(96)76-35(3)61(101)102/h30,33-35,37-47,87H,5-29,31-32,64-65H2,1-4H3,(H2,66,88)(H,71,75)(H,74,91)(H,76,96)(H,77,94)(H,78,98)(H,79,90)(H,80,97)(H,81,92)(H,82,95)(H,83,93)(H,101,102)(H4,67,68,72)(H4,69,70,73)/t35-,37+,38+,39-,40-,41+,42-,43-,44-,45-,46-,47+/m0/s1. The van der Waals surface area contributed by atoms with E-state index in [1.165, 1.54) is 45.9 Å². The number of hydrogen-bond donors (Lipinski definition) is 19. The van der Waals surface area contributed by atoms with Crippen LogP contribution in [0.25, 0.3) is 0 Å². The number of aliphatic hydroxyl groups excluding tert-OH is 1. The number of aromatic nitrogens is 2. The molecule has 0 bridgehead atoms. The summed E-state index contributed by atoms with van der Waals surface area (Å²) in [6.45, 7) is 3.80. The summed E-state index contributed by atoms with van der Waals surface area (Å²) < 4.78 is 0. The molecule has 39 nitrogen and oxygen atoms in total. The van der Waals surface area contributed by atoms with E-state index in [1.807, 2.05) is 6.26 Å². The molecule has 40 heteroatoms. The lowest BCUT2D eigenvalue weighted by atomic mass is 10.0. The molecule has 3 aliphatic heterocycles. The molecule has 26 N–H and O–H groups in total. The first-order valence-electron chi connectivity index (χ1n) is 34.7. The number of nitrogens with one attached hydrogen (secondary N) is 10. The number of carbonyl (C=O) groups is 14. The number of carboxylic acid groups (broad SMARTS) is 1. The number of aliphatic hydroxyl groups is 1. The molecular weight excluding hydrogens is 1370 g/mol. The van der Waals surface area contributed by atoms with Gasteiger partial charge >= 0.3 is 5.97 Å². The number of H-pyrrole nitrogens is 1. The summed E-state index contributed by atoms with van der Waals surface area (Å²) in [6.07, 6.45) is 6.78. The number of nitrogens with zero attached hydrogens (tertiary/aromatic N) is 6. The van der Waals surface area contributed by atoms with Crippen molar-refractivity contribution in [1.29, 1.82) is 0 Å². The maximum absolute atomic E-state index is 14.5. The predicted molar refractivity (Wildman–Crippen MR) is 377 cm³/mol. The summed E-state index contributed by atoms with van der Waals surface area (Å²) in [5.74, 6) is -11.6. The third kappa shape index (κ3) is 28.7. The average molecular weight is 1470 g/mol. The van der Waals surface area contributed by atoms with Crippen LogP contribution in [0, 0.1) is 5.92 Å². The number of likely N-dealkylation sites (tertiary alicyclic amines) is 3. The highest BCUT2D eigenvalue weighted by molar-refractivity contribution is 7.98. The number of rotatable bonds is 45. The Balaban J connectivity index is 1.50. The number of aliphatic carboxylic acids is 1. The number of guanidine groups is 2. The second-order valence-electron chi connectivity index (χ2n) is 26.0. The van der Waals surface area contributed by atoms with Gasteiger partial charge in [-0.15, -0.1) is 0 Å². The van der Waals surface area contributed by atoms with E-state index in [2.05, 4.69) is 67.8 Å². The van der Waals surface area contributed by atoms with Crippen molar-refractivity contribution in [2.75, 3.05) is 64.4 Å². The van der Waals surface area contributed by atoms with Gasteiger partial charge in [0.2, 0.25) is 76.8 Å². The monoisotopic (exact) mass is 1470 g/mol. The van der Waals surface area contributed by atoms with Crippen LogP contribution in [0.1, 0.15) is 136 Å². The zero-order chi connectivity index (χ0) is 76.5. The Hall–Kier alpha value is -9.44. The van der Waals surface area contributed by atoms with E-state index in [1.54, 1.807) is 13.8 Å². The fraction of sp³-hybridized carbons (Fsp3) is 0.698. The number of amides is 13. The van der Waals surface area contributed by atoms with Crippen molar-refractivity contribution in [2.45, 2.75) is 209 Å².